The number of carboxylic acids is 1. The molecule has 37 heavy (non-hydrogen) atoms. The molecular weight excluding hydrogens is 514 g/mol. The van der Waals surface area contributed by atoms with Crippen LogP contribution in [0.2, 0.25) is 5.02 Å². The molecule has 2 N–H and O–H groups in total. The number of carbonyl (C=O) groups excluding carboxylic acids is 1. The quantitative estimate of drug-likeness (QED) is 0.284. The van der Waals surface area contributed by atoms with Crippen molar-refractivity contribution < 1.29 is 23.1 Å². The molecule has 4 rings (SSSR count). The van der Waals surface area contributed by atoms with E-state index in [0.717, 1.165) is 23.0 Å². The van der Waals surface area contributed by atoms with Crippen molar-refractivity contribution in [2.45, 2.75) is 11.8 Å². The number of aryl methyl sites for hydroxylation is 1. The molecule has 188 valence electrons. The number of rotatable bonds is 8. The van der Waals surface area contributed by atoms with E-state index in [1.807, 2.05) is 31.0 Å². The standard InChI is InChI=1S/C27H22ClN3O5S/c1-17-3-11-22(12-4-17)37(35,36)30-24-13-5-18(15-23(24)27(33)34)26(32)25-14-10-21(16-29-25)31(2)20-8-6-19(28)7-9-20/h3-16,30H,1-2H3,(H,33,34). The molecule has 0 aliphatic heterocycles. The fraction of sp³-hybridized carbons (Fsp3) is 0.0741. The Labute approximate surface area is 219 Å². The fourth-order valence-corrected chi connectivity index (χ4v) is 4.76. The first kappa shape index (κ1) is 25.9. The summed E-state index contributed by atoms with van der Waals surface area (Å²) in [6.07, 6.45) is 1.53. The first-order chi connectivity index (χ1) is 17.5. The number of benzene rings is 3. The number of pyridine rings is 1. The van der Waals surface area contributed by atoms with Gasteiger partial charge in [-0.3, -0.25) is 14.5 Å². The van der Waals surface area contributed by atoms with Gasteiger partial charge in [-0.2, -0.15) is 0 Å². The molecule has 0 aliphatic rings. The molecule has 0 unspecified atom stereocenters. The van der Waals surface area contributed by atoms with Crippen LogP contribution in [0.1, 0.15) is 32.0 Å². The SMILES string of the molecule is Cc1ccc(S(=O)(=O)Nc2ccc(C(=O)c3ccc(N(C)c4ccc(Cl)cc4)cn3)cc2C(=O)O)cc1. The fourth-order valence-electron chi connectivity index (χ4n) is 3.55. The Hall–Kier alpha value is -4.21. The van der Waals surface area contributed by atoms with Crippen LogP contribution < -0.4 is 9.62 Å². The summed E-state index contributed by atoms with van der Waals surface area (Å²) in [5, 5.41) is 10.3. The van der Waals surface area contributed by atoms with Gasteiger partial charge in [0.25, 0.3) is 10.0 Å². The van der Waals surface area contributed by atoms with Gasteiger partial charge in [-0.05, 0) is 73.7 Å². The normalized spacial score (nSPS) is 11.1. The minimum atomic E-state index is -4.03. The summed E-state index contributed by atoms with van der Waals surface area (Å²) in [4.78, 5) is 31.0. The zero-order valence-electron chi connectivity index (χ0n) is 19.8. The van der Waals surface area contributed by atoms with E-state index in [1.165, 1.54) is 30.5 Å². The van der Waals surface area contributed by atoms with Gasteiger partial charge in [0.05, 0.1) is 28.0 Å². The summed E-state index contributed by atoms with van der Waals surface area (Å²) in [5.74, 6) is -1.89. The first-order valence-electron chi connectivity index (χ1n) is 11.0. The summed E-state index contributed by atoms with van der Waals surface area (Å²) in [6.45, 7) is 1.82. The molecule has 0 atom stereocenters. The van der Waals surface area contributed by atoms with Crippen molar-refractivity contribution in [2.75, 3.05) is 16.7 Å². The number of carboxylic acid groups (broad SMARTS) is 1. The number of sulfonamides is 1. The third kappa shape index (κ3) is 5.79. The monoisotopic (exact) mass is 535 g/mol. The molecule has 0 spiro atoms. The summed E-state index contributed by atoms with van der Waals surface area (Å²) in [7, 11) is -2.19. The van der Waals surface area contributed by atoms with Gasteiger partial charge in [-0.25, -0.2) is 13.2 Å². The number of anilines is 3. The largest absolute Gasteiger partial charge is 0.478 e. The predicted molar refractivity (Wildman–Crippen MR) is 143 cm³/mol. The van der Waals surface area contributed by atoms with Gasteiger partial charge in [-0.15, -0.1) is 0 Å². The highest BCUT2D eigenvalue weighted by atomic mass is 35.5. The number of nitrogens with zero attached hydrogens (tertiary/aromatic N) is 2. The maximum absolute atomic E-state index is 13.0. The predicted octanol–water partition coefficient (Wildman–Crippen LogP) is 5.54. The van der Waals surface area contributed by atoms with E-state index in [-0.39, 0.29) is 27.4 Å². The Balaban J connectivity index is 1.58. The smallest absolute Gasteiger partial charge is 0.337 e. The van der Waals surface area contributed by atoms with Crippen molar-refractivity contribution >= 4 is 50.4 Å². The van der Waals surface area contributed by atoms with Crippen molar-refractivity contribution in [3.8, 4) is 0 Å². The summed E-state index contributed by atoms with van der Waals surface area (Å²) in [6, 6.07) is 20.4. The molecule has 3 aromatic carbocycles. The minimum Gasteiger partial charge on any atom is -0.478 e. The lowest BCUT2D eigenvalue weighted by atomic mass is 10.0. The molecule has 0 aliphatic carbocycles. The molecule has 0 bridgehead atoms. The van der Waals surface area contributed by atoms with E-state index in [2.05, 4.69) is 9.71 Å². The van der Waals surface area contributed by atoms with E-state index in [1.54, 1.807) is 36.4 Å². The van der Waals surface area contributed by atoms with Gasteiger partial charge in [0.15, 0.2) is 0 Å². The Morgan fingerprint density at radius 2 is 1.57 bits per heavy atom. The van der Waals surface area contributed by atoms with E-state index in [4.69, 9.17) is 11.6 Å². The number of halogens is 1. The molecule has 0 radical (unpaired) electrons. The molecule has 4 aromatic rings. The van der Waals surface area contributed by atoms with Crippen LogP contribution in [0.4, 0.5) is 17.1 Å². The molecule has 0 fully saturated rings. The number of nitrogens with one attached hydrogen (secondary N) is 1. The van der Waals surface area contributed by atoms with Crippen molar-refractivity contribution in [1.29, 1.82) is 0 Å². The molecule has 1 aromatic heterocycles. The maximum atomic E-state index is 13.0. The van der Waals surface area contributed by atoms with Crippen molar-refractivity contribution in [2.24, 2.45) is 0 Å². The maximum Gasteiger partial charge on any atom is 0.337 e. The zero-order valence-corrected chi connectivity index (χ0v) is 21.4. The van der Waals surface area contributed by atoms with Crippen LogP contribution in [-0.2, 0) is 10.0 Å². The van der Waals surface area contributed by atoms with Crippen LogP contribution in [0.3, 0.4) is 0 Å². The Morgan fingerprint density at radius 1 is 0.919 bits per heavy atom. The molecule has 10 heteroatoms. The number of aromatic carboxylic acids is 1. The average molecular weight is 536 g/mol. The van der Waals surface area contributed by atoms with Gasteiger partial charge in [-0.1, -0.05) is 29.3 Å². The zero-order chi connectivity index (χ0) is 26.7. The van der Waals surface area contributed by atoms with E-state index >= 15 is 0 Å². The summed E-state index contributed by atoms with van der Waals surface area (Å²) >= 11 is 5.94. The minimum absolute atomic E-state index is 0.0116. The Morgan fingerprint density at radius 3 is 2.16 bits per heavy atom. The second-order valence-corrected chi connectivity index (χ2v) is 10.4. The average Bonchev–Trinajstić information content (AvgIpc) is 2.88. The molecule has 0 saturated heterocycles. The highest BCUT2D eigenvalue weighted by molar-refractivity contribution is 7.92. The van der Waals surface area contributed by atoms with E-state index in [9.17, 15) is 23.1 Å². The summed E-state index contributed by atoms with van der Waals surface area (Å²) in [5.41, 5.74) is 2.13. The third-order valence-electron chi connectivity index (χ3n) is 5.67. The lowest BCUT2D eigenvalue weighted by Crippen LogP contribution is -2.16. The second kappa shape index (κ2) is 10.4. The van der Waals surface area contributed by atoms with Gasteiger partial charge in [0.2, 0.25) is 5.78 Å². The number of hydrogen-bond donors (Lipinski definition) is 2. The van der Waals surface area contributed by atoms with Gasteiger partial charge < -0.3 is 10.0 Å². The lowest BCUT2D eigenvalue weighted by molar-refractivity contribution is 0.0698. The number of aromatic nitrogens is 1. The Bertz CT molecular complexity index is 1570. The number of carbonyl (C=O) groups is 2. The van der Waals surface area contributed by atoms with Crippen LogP contribution in [0.25, 0.3) is 0 Å². The first-order valence-corrected chi connectivity index (χ1v) is 12.9. The van der Waals surface area contributed by atoms with Crippen LogP contribution in [0, 0.1) is 6.92 Å². The third-order valence-corrected chi connectivity index (χ3v) is 7.30. The molecule has 0 amide bonds. The van der Waals surface area contributed by atoms with Crippen molar-refractivity contribution in [3.05, 3.63) is 112 Å². The van der Waals surface area contributed by atoms with Crippen molar-refractivity contribution in [1.82, 2.24) is 4.98 Å². The molecular formula is C27H22ClN3O5S. The van der Waals surface area contributed by atoms with Gasteiger partial charge >= 0.3 is 5.97 Å². The highest BCUT2D eigenvalue weighted by Crippen LogP contribution is 2.26. The Kier molecular flexibility index (Phi) is 7.28. The van der Waals surface area contributed by atoms with Gasteiger partial charge in [0.1, 0.15) is 5.69 Å². The van der Waals surface area contributed by atoms with E-state index < -0.39 is 21.8 Å². The molecule has 0 saturated carbocycles. The van der Waals surface area contributed by atoms with Crippen LogP contribution in [-0.4, -0.2) is 37.3 Å². The van der Waals surface area contributed by atoms with Crippen LogP contribution >= 0.6 is 11.6 Å². The number of hydrogen-bond acceptors (Lipinski definition) is 6. The van der Waals surface area contributed by atoms with Gasteiger partial charge in [0, 0.05) is 23.3 Å². The number of ketones is 1. The summed E-state index contributed by atoms with van der Waals surface area (Å²) < 4.78 is 27.8. The van der Waals surface area contributed by atoms with Crippen LogP contribution in [0.15, 0.2) is 90.0 Å². The van der Waals surface area contributed by atoms with E-state index in [0.29, 0.717) is 5.02 Å². The second-order valence-electron chi connectivity index (χ2n) is 8.25. The topological polar surface area (TPSA) is 117 Å². The van der Waals surface area contributed by atoms with Crippen molar-refractivity contribution in [3.63, 3.8) is 0 Å². The highest BCUT2D eigenvalue weighted by Gasteiger charge is 2.21. The molecule has 8 nitrogen and oxygen atoms in total. The lowest BCUT2D eigenvalue weighted by Gasteiger charge is -2.19. The molecule has 1 heterocycles. The van der Waals surface area contributed by atoms with Crippen LogP contribution in [0.5, 0.6) is 0 Å².